The number of carbonyl (C=O) groups excluding carboxylic acids is 1. The van der Waals surface area contributed by atoms with Crippen molar-refractivity contribution < 1.29 is 17.9 Å². The minimum absolute atomic E-state index is 0.00814. The largest absolute Gasteiger partial charge is 0.381 e. The molecular weight excluding hydrogens is 292 g/mol. The van der Waals surface area contributed by atoms with Crippen LogP contribution in [0, 0.1) is 12.8 Å². The molecule has 2 atom stereocenters. The average Bonchev–Trinajstić information content (AvgIpc) is 2.91. The van der Waals surface area contributed by atoms with E-state index in [0.717, 1.165) is 13.0 Å². The molecule has 116 valence electrons. The van der Waals surface area contributed by atoms with Crippen molar-refractivity contribution in [2.24, 2.45) is 11.1 Å². The minimum Gasteiger partial charge on any atom is -0.381 e. The van der Waals surface area contributed by atoms with E-state index in [1.165, 1.54) is 18.2 Å². The third-order valence-corrected chi connectivity index (χ3v) is 4.71. The second-order valence-corrected chi connectivity index (χ2v) is 6.97. The van der Waals surface area contributed by atoms with Crippen molar-refractivity contribution in [3.8, 4) is 0 Å². The Morgan fingerprint density at radius 1 is 1.48 bits per heavy atom. The van der Waals surface area contributed by atoms with E-state index in [4.69, 9.17) is 9.88 Å². The maximum atomic E-state index is 12.3. The molecule has 1 aliphatic rings. The molecule has 1 heterocycles. The van der Waals surface area contributed by atoms with Crippen LogP contribution in [0.5, 0.6) is 0 Å². The van der Waals surface area contributed by atoms with Crippen LogP contribution in [0.2, 0.25) is 0 Å². The molecule has 2 unspecified atom stereocenters. The molecule has 3 N–H and O–H groups in total. The Bertz CT molecular complexity index is 636. The number of primary sulfonamides is 1. The van der Waals surface area contributed by atoms with Crippen molar-refractivity contribution in [2.45, 2.75) is 31.2 Å². The molecule has 0 saturated carbocycles. The van der Waals surface area contributed by atoms with Gasteiger partial charge in [-0.1, -0.05) is 0 Å². The molecule has 6 nitrogen and oxygen atoms in total. The van der Waals surface area contributed by atoms with Crippen molar-refractivity contribution in [2.75, 3.05) is 13.2 Å². The monoisotopic (exact) mass is 312 g/mol. The van der Waals surface area contributed by atoms with Gasteiger partial charge in [-0.15, -0.1) is 0 Å². The highest BCUT2D eigenvalue weighted by atomic mass is 32.2. The van der Waals surface area contributed by atoms with Crippen molar-refractivity contribution >= 4 is 15.9 Å². The normalized spacial score (nSPS) is 20.2. The lowest BCUT2D eigenvalue weighted by Crippen LogP contribution is -2.38. The zero-order valence-electron chi connectivity index (χ0n) is 12.1. The fourth-order valence-electron chi connectivity index (χ4n) is 2.42. The van der Waals surface area contributed by atoms with E-state index in [-0.39, 0.29) is 16.8 Å². The van der Waals surface area contributed by atoms with Crippen LogP contribution >= 0.6 is 0 Å². The summed E-state index contributed by atoms with van der Waals surface area (Å²) in [4.78, 5) is 12.3. The Labute approximate surface area is 124 Å². The second-order valence-electron chi connectivity index (χ2n) is 5.41. The summed E-state index contributed by atoms with van der Waals surface area (Å²) in [6, 6.07) is 4.26. The van der Waals surface area contributed by atoms with E-state index < -0.39 is 10.0 Å². The molecule has 1 fully saturated rings. The predicted octanol–water partition coefficient (Wildman–Crippen LogP) is 0.797. The minimum atomic E-state index is -3.75. The average molecular weight is 312 g/mol. The first-order chi connectivity index (χ1) is 9.79. The first-order valence-electron chi connectivity index (χ1n) is 6.81. The van der Waals surface area contributed by atoms with Gasteiger partial charge in [-0.05, 0) is 44.0 Å². The molecule has 0 spiro atoms. The van der Waals surface area contributed by atoms with Gasteiger partial charge in [0.2, 0.25) is 10.0 Å². The molecule has 0 aliphatic carbocycles. The number of benzene rings is 1. The number of sulfonamides is 1. The summed E-state index contributed by atoms with van der Waals surface area (Å²) in [5.74, 6) is 0.103. The highest BCUT2D eigenvalue weighted by Gasteiger charge is 2.24. The highest BCUT2D eigenvalue weighted by molar-refractivity contribution is 7.89. The van der Waals surface area contributed by atoms with Gasteiger partial charge < -0.3 is 10.1 Å². The molecule has 1 aliphatic heterocycles. The second kappa shape index (κ2) is 6.13. The van der Waals surface area contributed by atoms with Gasteiger partial charge in [-0.2, -0.15) is 0 Å². The fourth-order valence-corrected chi connectivity index (χ4v) is 3.02. The molecule has 2 rings (SSSR count). The highest BCUT2D eigenvalue weighted by Crippen LogP contribution is 2.18. The van der Waals surface area contributed by atoms with E-state index >= 15 is 0 Å². The molecule has 1 amide bonds. The van der Waals surface area contributed by atoms with Crippen molar-refractivity contribution in [3.63, 3.8) is 0 Å². The third-order valence-electron chi connectivity index (χ3n) is 3.80. The van der Waals surface area contributed by atoms with Gasteiger partial charge in [0.15, 0.2) is 0 Å². The summed E-state index contributed by atoms with van der Waals surface area (Å²) >= 11 is 0. The quantitative estimate of drug-likeness (QED) is 0.859. The zero-order valence-corrected chi connectivity index (χ0v) is 12.9. The molecule has 21 heavy (non-hydrogen) atoms. The molecule has 0 bridgehead atoms. The van der Waals surface area contributed by atoms with Crippen molar-refractivity contribution in [3.05, 3.63) is 29.3 Å². The summed E-state index contributed by atoms with van der Waals surface area (Å²) in [5, 5.41) is 8.01. The lowest BCUT2D eigenvalue weighted by molar-refractivity contribution is 0.0921. The van der Waals surface area contributed by atoms with Gasteiger partial charge in [0, 0.05) is 24.1 Å². The standard InChI is InChI=1S/C14H20N2O4S/c1-9-7-12(21(15,18)19)3-4-13(9)14(17)16-10(2)11-5-6-20-8-11/h3-4,7,10-11H,5-6,8H2,1-2H3,(H,16,17)(H2,15,18,19). The number of nitrogens with one attached hydrogen (secondary N) is 1. The Morgan fingerprint density at radius 2 is 2.19 bits per heavy atom. The molecule has 0 radical (unpaired) electrons. The van der Waals surface area contributed by atoms with Crippen LogP contribution in [-0.4, -0.2) is 33.6 Å². The van der Waals surface area contributed by atoms with Crippen molar-refractivity contribution in [1.82, 2.24) is 5.32 Å². The molecule has 0 aromatic heterocycles. The lowest BCUT2D eigenvalue weighted by atomic mass is 10.00. The van der Waals surface area contributed by atoms with E-state index in [2.05, 4.69) is 5.32 Å². The summed E-state index contributed by atoms with van der Waals surface area (Å²) < 4.78 is 27.9. The number of rotatable bonds is 4. The van der Waals surface area contributed by atoms with E-state index in [1.54, 1.807) is 6.92 Å². The van der Waals surface area contributed by atoms with Gasteiger partial charge in [0.05, 0.1) is 11.5 Å². The first-order valence-corrected chi connectivity index (χ1v) is 8.35. The van der Waals surface area contributed by atoms with Gasteiger partial charge >= 0.3 is 0 Å². The van der Waals surface area contributed by atoms with Crippen LogP contribution in [0.1, 0.15) is 29.3 Å². The number of ether oxygens (including phenoxy) is 1. The SMILES string of the molecule is Cc1cc(S(N)(=O)=O)ccc1C(=O)NC(C)C1CCOC1. The van der Waals surface area contributed by atoms with Gasteiger partial charge in [-0.25, -0.2) is 13.6 Å². The maximum Gasteiger partial charge on any atom is 0.251 e. The maximum absolute atomic E-state index is 12.3. The number of hydrogen-bond donors (Lipinski definition) is 2. The number of amides is 1. The van der Waals surface area contributed by atoms with Crippen LogP contribution in [0.15, 0.2) is 23.1 Å². The molecule has 1 saturated heterocycles. The van der Waals surface area contributed by atoms with Crippen LogP contribution in [-0.2, 0) is 14.8 Å². The topological polar surface area (TPSA) is 98.5 Å². The number of aryl methyl sites for hydroxylation is 1. The van der Waals surface area contributed by atoms with Gasteiger partial charge in [-0.3, -0.25) is 4.79 Å². The van der Waals surface area contributed by atoms with Gasteiger partial charge in [0.1, 0.15) is 0 Å². The molecular formula is C14H20N2O4S. The smallest absolute Gasteiger partial charge is 0.251 e. The Kier molecular flexibility index (Phi) is 4.65. The zero-order chi connectivity index (χ0) is 15.6. The Hall–Kier alpha value is -1.44. The third kappa shape index (κ3) is 3.81. The van der Waals surface area contributed by atoms with Crippen LogP contribution < -0.4 is 10.5 Å². The first kappa shape index (κ1) is 15.9. The molecule has 7 heteroatoms. The number of hydrogen-bond acceptors (Lipinski definition) is 4. The molecule has 1 aromatic rings. The van der Waals surface area contributed by atoms with Crippen LogP contribution in [0.3, 0.4) is 0 Å². The Morgan fingerprint density at radius 3 is 2.71 bits per heavy atom. The summed E-state index contributed by atoms with van der Waals surface area (Å²) in [5.41, 5.74) is 1.03. The summed E-state index contributed by atoms with van der Waals surface area (Å²) in [6.45, 7) is 5.02. The molecule has 1 aromatic carbocycles. The number of nitrogens with two attached hydrogens (primary N) is 1. The van der Waals surface area contributed by atoms with Gasteiger partial charge in [0.25, 0.3) is 5.91 Å². The van der Waals surface area contributed by atoms with Crippen molar-refractivity contribution in [1.29, 1.82) is 0 Å². The van der Waals surface area contributed by atoms with E-state index in [0.29, 0.717) is 23.7 Å². The summed E-state index contributed by atoms with van der Waals surface area (Å²) in [7, 11) is -3.75. The van der Waals surface area contributed by atoms with Crippen LogP contribution in [0.4, 0.5) is 0 Å². The van der Waals surface area contributed by atoms with E-state index in [9.17, 15) is 13.2 Å². The van der Waals surface area contributed by atoms with E-state index in [1.807, 2.05) is 6.92 Å². The van der Waals surface area contributed by atoms with Crippen LogP contribution in [0.25, 0.3) is 0 Å². The summed E-state index contributed by atoms with van der Waals surface area (Å²) in [6.07, 6.45) is 0.935. The Balaban J connectivity index is 2.12. The predicted molar refractivity (Wildman–Crippen MR) is 78.4 cm³/mol. The number of carbonyl (C=O) groups is 1. The lowest BCUT2D eigenvalue weighted by Gasteiger charge is -2.20. The fraction of sp³-hybridized carbons (Fsp3) is 0.500.